The van der Waals surface area contributed by atoms with Crippen molar-refractivity contribution >= 4 is 0 Å². The Morgan fingerprint density at radius 3 is 2.78 bits per heavy atom. The van der Waals surface area contributed by atoms with E-state index in [1.54, 1.807) is 13.2 Å². The second kappa shape index (κ2) is 5.71. The van der Waals surface area contributed by atoms with E-state index < -0.39 is 6.10 Å². The largest absolute Gasteiger partial charge is 0.497 e. The normalized spacial score (nSPS) is 14.2. The summed E-state index contributed by atoms with van der Waals surface area (Å²) >= 11 is 0. The summed E-state index contributed by atoms with van der Waals surface area (Å²) in [5.41, 5.74) is 7.45. The number of ether oxygens (including phenoxy) is 1. The topological polar surface area (TPSA) is 68.6 Å². The number of hydrogen-bond acceptors (Lipinski definition) is 4. The minimum atomic E-state index is -0.680. The molecule has 3 N–H and O–H groups in total. The molecule has 0 aliphatic rings. The maximum Gasteiger partial charge on any atom is 0.119 e. The summed E-state index contributed by atoms with van der Waals surface area (Å²) in [4.78, 5) is 0. The third-order valence-corrected chi connectivity index (χ3v) is 3.04. The van der Waals surface area contributed by atoms with Gasteiger partial charge in [0.2, 0.25) is 0 Å². The fourth-order valence-corrected chi connectivity index (χ4v) is 2.00. The summed E-state index contributed by atoms with van der Waals surface area (Å²) < 4.78 is 10.2. The molecular weight excluding hydrogens is 230 g/mol. The van der Waals surface area contributed by atoms with Gasteiger partial charge in [-0.3, -0.25) is 0 Å². The number of furan rings is 1. The lowest BCUT2D eigenvalue weighted by Crippen LogP contribution is -2.19. The average molecular weight is 247 g/mol. The highest BCUT2D eigenvalue weighted by Gasteiger charge is 2.22. The Morgan fingerprint density at radius 2 is 2.17 bits per heavy atom. The highest BCUT2D eigenvalue weighted by Crippen LogP contribution is 2.31. The van der Waals surface area contributed by atoms with Gasteiger partial charge in [0, 0.05) is 18.0 Å². The third kappa shape index (κ3) is 2.55. The molecule has 0 aliphatic carbocycles. The van der Waals surface area contributed by atoms with Gasteiger partial charge >= 0.3 is 0 Å². The lowest BCUT2D eigenvalue weighted by molar-refractivity contribution is 0.146. The lowest BCUT2D eigenvalue weighted by Gasteiger charge is -2.21. The van der Waals surface area contributed by atoms with Crippen LogP contribution in [0.1, 0.15) is 23.1 Å². The van der Waals surface area contributed by atoms with E-state index in [0.29, 0.717) is 6.54 Å². The predicted molar refractivity (Wildman–Crippen MR) is 68.5 cm³/mol. The molecule has 4 nitrogen and oxygen atoms in total. The Balaban J connectivity index is 2.27. The van der Waals surface area contributed by atoms with Crippen LogP contribution in [0.25, 0.3) is 0 Å². The van der Waals surface area contributed by atoms with Gasteiger partial charge in [-0.15, -0.1) is 0 Å². The quantitative estimate of drug-likeness (QED) is 0.848. The number of aliphatic hydroxyl groups excluding tert-OH is 1. The number of nitrogens with two attached hydrogens (primary N) is 1. The molecule has 0 radical (unpaired) electrons. The van der Waals surface area contributed by atoms with Crippen LogP contribution in [-0.2, 0) is 0 Å². The van der Waals surface area contributed by atoms with Crippen molar-refractivity contribution in [3.63, 3.8) is 0 Å². The molecule has 2 atom stereocenters. The Hall–Kier alpha value is -1.78. The zero-order chi connectivity index (χ0) is 13.0. The molecule has 1 aromatic heterocycles. The van der Waals surface area contributed by atoms with E-state index in [4.69, 9.17) is 14.9 Å². The molecule has 1 aromatic carbocycles. The first-order valence-electron chi connectivity index (χ1n) is 5.80. The van der Waals surface area contributed by atoms with Crippen LogP contribution < -0.4 is 10.5 Å². The van der Waals surface area contributed by atoms with E-state index in [1.165, 1.54) is 12.5 Å². The molecule has 0 bridgehead atoms. The van der Waals surface area contributed by atoms with E-state index in [9.17, 15) is 5.11 Å². The molecule has 0 amide bonds. The smallest absolute Gasteiger partial charge is 0.119 e. The van der Waals surface area contributed by atoms with Crippen LogP contribution in [-0.4, -0.2) is 18.8 Å². The minimum Gasteiger partial charge on any atom is -0.497 e. The van der Waals surface area contributed by atoms with Gasteiger partial charge in [0.05, 0.1) is 25.7 Å². The molecule has 2 rings (SSSR count). The van der Waals surface area contributed by atoms with Crippen molar-refractivity contribution in [2.75, 3.05) is 13.7 Å². The molecular formula is C14H17NO3. The van der Waals surface area contributed by atoms with Gasteiger partial charge in [-0.25, -0.2) is 0 Å². The SMILES string of the molecule is COc1cccc(C(CN)C(O)c2ccoc2)c1. The first-order valence-corrected chi connectivity index (χ1v) is 5.80. The van der Waals surface area contributed by atoms with E-state index in [0.717, 1.165) is 16.9 Å². The molecule has 0 fully saturated rings. The molecule has 4 heteroatoms. The van der Waals surface area contributed by atoms with E-state index in [-0.39, 0.29) is 5.92 Å². The van der Waals surface area contributed by atoms with Crippen molar-refractivity contribution in [2.45, 2.75) is 12.0 Å². The maximum atomic E-state index is 10.3. The van der Waals surface area contributed by atoms with Gasteiger partial charge in [-0.1, -0.05) is 12.1 Å². The lowest BCUT2D eigenvalue weighted by atomic mass is 9.90. The van der Waals surface area contributed by atoms with Gasteiger partial charge < -0.3 is 20.0 Å². The number of aliphatic hydroxyl groups is 1. The van der Waals surface area contributed by atoms with E-state index >= 15 is 0 Å². The summed E-state index contributed by atoms with van der Waals surface area (Å²) in [7, 11) is 1.61. The molecule has 0 saturated heterocycles. The first kappa shape index (κ1) is 12.7. The zero-order valence-electron chi connectivity index (χ0n) is 10.2. The van der Waals surface area contributed by atoms with Crippen molar-refractivity contribution < 1.29 is 14.3 Å². The van der Waals surface area contributed by atoms with Crippen LogP contribution in [0.4, 0.5) is 0 Å². The van der Waals surface area contributed by atoms with E-state index in [2.05, 4.69) is 0 Å². The Bertz CT molecular complexity index is 482. The van der Waals surface area contributed by atoms with Gasteiger partial charge in [-0.05, 0) is 23.8 Å². The number of methoxy groups -OCH3 is 1. The molecule has 0 saturated carbocycles. The van der Waals surface area contributed by atoms with Gasteiger partial charge in [0.1, 0.15) is 5.75 Å². The van der Waals surface area contributed by atoms with Gasteiger partial charge in [-0.2, -0.15) is 0 Å². The number of rotatable bonds is 5. The van der Waals surface area contributed by atoms with Crippen LogP contribution in [0.5, 0.6) is 5.75 Å². The van der Waals surface area contributed by atoms with Crippen molar-refractivity contribution in [3.8, 4) is 5.75 Å². The van der Waals surface area contributed by atoms with Crippen LogP contribution in [0.3, 0.4) is 0 Å². The predicted octanol–water partition coefficient (Wildman–Crippen LogP) is 2.06. The molecule has 1 heterocycles. The van der Waals surface area contributed by atoms with Gasteiger partial charge in [0.15, 0.2) is 0 Å². The zero-order valence-corrected chi connectivity index (χ0v) is 10.2. The Kier molecular flexibility index (Phi) is 4.02. The van der Waals surface area contributed by atoms with E-state index in [1.807, 2.05) is 24.3 Å². The van der Waals surface area contributed by atoms with Crippen molar-refractivity contribution in [1.29, 1.82) is 0 Å². The summed E-state index contributed by atoms with van der Waals surface area (Å²) in [5.74, 6) is 0.572. The van der Waals surface area contributed by atoms with Crippen molar-refractivity contribution in [3.05, 3.63) is 54.0 Å². The minimum absolute atomic E-state index is 0.183. The summed E-state index contributed by atoms with van der Waals surface area (Å²) in [6.07, 6.45) is 2.39. The average Bonchev–Trinajstić information content (AvgIpc) is 2.93. The summed E-state index contributed by atoms with van der Waals surface area (Å²) in [6.45, 7) is 0.347. The first-order chi connectivity index (χ1) is 8.76. The molecule has 0 aliphatic heterocycles. The second-order valence-electron chi connectivity index (χ2n) is 4.12. The third-order valence-electron chi connectivity index (χ3n) is 3.04. The highest BCUT2D eigenvalue weighted by atomic mass is 16.5. The van der Waals surface area contributed by atoms with Crippen LogP contribution in [0, 0.1) is 0 Å². The fourth-order valence-electron chi connectivity index (χ4n) is 2.00. The van der Waals surface area contributed by atoms with Gasteiger partial charge in [0.25, 0.3) is 0 Å². The Morgan fingerprint density at radius 1 is 1.33 bits per heavy atom. The molecule has 96 valence electrons. The molecule has 18 heavy (non-hydrogen) atoms. The summed E-state index contributed by atoms with van der Waals surface area (Å²) in [6, 6.07) is 9.32. The molecule has 2 aromatic rings. The highest BCUT2D eigenvalue weighted by molar-refractivity contribution is 5.33. The standard InChI is InChI=1S/C14H17NO3/c1-17-12-4-2-3-10(7-12)13(8-15)14(16)11-5-6-18-9-11/h2-7,9,13-14,16H,8,15H2,1H3. The van der Waals surface area contributed by atoms with Crippen LogP contribution >= 0.6 is 0 Å². The second-order valence-corrected chi connectivity index (χ2v) is 4.12. The van der Waals surface area contributed by atoms with Crippen molar-refractivity contribution in [2.24, 2.45) is 5.73 Å². The van der Waals surface area contributed by atoms with Crippen molar-refractivity contribution in [1.82, 2.24) is 0 Å². The maximum absolute atomic E-state index is 10.3. The van der Waals surface area contributed by atoms with Crippen LogP contribution in [0.2, 0.25) is 0 Å². The number of hydrogen-bond donors (Lipinski definition) is 2. The molecule has 2 unspecified atom stereocenters. The summed E-state index contributed by atoms with van der Waals surface area (Å²) in [5, 5.41) is 10.3. The monoisotopic (exact) mass is 247 g/mol. The number of benzene rings is 1. The van der Waals surface area contributed by atoms with Crippen LogP contribution in [0.15, 0.2) is 47.3 Å². The fraction of sp³-hybridized carbons (Fsp3) is 0.286. The molecule has 0 spiro atoms. The Labute approximate surface area is 106 Å².